The molecule has 3 rings (SSSR count). The van der Waals surface area contributed by atoms with Crippen LogP contribution in [0.3, 0.4) is 0 Å². The molecule has 0 spiro atoms. The van der Waals surface area contributed by atoms with Gasteiger partial charge in [0.1, 0.15) is 0 Å². The van der Waals surface area contributed by atoms with E-state index in [4.69, 9.17) is 5.10 Å². The fourth-order valence-corrected chi connectivity index (χ4v) is 3.49. The van der Waals surface area contributed by atoms with Crippen molar-refractivity contribution >= 4 is 11.3 Å². The summed E-state index contributed by atoms with van der Waals surface area (Å²) in [7, 11) is 0. The van der Waals surface area contributed by atoms with Gasteiger partial charge >= 0.3 is 0 Å². The third kappa shape index (κ3) is 3.07. The Morgan fingerprint density at radius 3 is 3.00 bits per heavy atom. The number of thiophene rings is 1. The van der Waals surface area contributed by atoms with Gasteiger partial charge in [-0.1, -0.05) is 12.8 Å². The minimum atomic E-state index is 0.392. The molecule has 0 amide bonds. The molecule has 1 atom stereocenters. The van der Waals surface area contributed by atoms with E-state index in [-0.39, 0.29) is 0 Å². The molecule has 0 radical (unpaired) electrons. The minimum absolute atomic E-state index is 0.392. The Kier molecular flexibility index (Phi) is 3.99. The molecular weight excluding hydrogens is 254 g/mol. The summed E-state index contributed by atoms with van der Waals surface area (Å²) in [6.45, 7) is 3.05. The van der Waals surface area contributed by atoms with Gasteiger partial charge < -0.3 is 5.32 Å². The van der Waals surface area contributed by atoms with Crippen LogP contribution in [0.25, 0.3) is 0 Å². The fraction of sp³-hybridized carbons (Fsp3) is 0.533. The molecule has 2 aromatic heterocycles. The number of rotatable bonds is 5. The molecule has 19 heavy (non-hydrogen) atoms. The van der Waals surface area contributed by atoms with Crippen molar-refractivity contribution in [2.75, 3.05) is 0 Å². The van der Waals surface area contributed by atoms with Crippen molar-refractivity contribution in [3.05, 3.63) is 40.3 Å². The second-order valence-electron chi connectivity index (χ2n) is 5.38. The van der Waals surface area contributed by atoms with Crippen molar-refractivity contribution in [1.82, 2.24) is 15.1 Å². The molecule has 1 saturated carbocycles. The maximum Gasteiger partial charge on any atom is 0.0762 e. The highest BCUT2D eigenvalue weighted by molar-refractivity contribution is 7.07. The fourth-order valence-electron chi connectivity index (χ4n) is 2.74. The molecule has 4 heteroatoms. The van der Waals surface area contributed by atoms with Crippen LogP contribution in [0.5, 0.6) is 0 Å². The maximum absolute atomic E-state index is 4.70. The second kappa shape index (κ2) is 5.88. The van der Waals surface area contributed by atoms with E-state index in [9.17, 15) is 0 Å². The van der Waals surface area contributed by atoms with Crippen LogP contribution in [0.4, 0.5) is 0 Å². The minimum Gasteiger partial charge on any atom is -0.304 e. The molecule has 0 aliphatic heterocycles. The average molecular weight is 275 g/mol. The predicted molar refractivity (Wildman–Crippen MR) is 79.3 cm³/mol. The van der Waals surface area contributed by atoms with Crippen molar-refractivity contribution in [1.29, 1.82) is 0 Å². The summed E-state index contributed by atoms with van der Waals surface area (Å²) in [4.78, 5) is 0. The molecule has 1 aliphatic rings. The zero-order chi connectivity index (χ0) is 13.1. The van der Waals surface area contributed by atoms with Crippen LogP contribution >= 0.6 is 11.3 Å². The highest BCUT2D eigenvalue weighted by Crippen LogP contribution is 2.28. The summed E-state index contributed by atoms with van der Waals surface area (Å²) in [6, 6.07) is 5.36. The molecule has 0 aromatic carbocycles. The topological polar surface area (TPSA) is 29.9 Å². The Morgan fingerprint density at radius 2 is 2.26 bits per heavy atom. The molecule has 0 saturated heterocycles. The van der Waals surface area contributed by atoms with Gasteiger partial charge in [0.15, 0.2) is 0 Å². The first-order chi connectivity index (χ1) is 9.33. The highest BCUT2D eigenvalue weighted by atomic mass is 32.1. The molecule has 1 unspecified atom stereocenters. The third-order valence-corrected chi connectivity index (χ3v) is 4.70. The quantitative estimate of drug-likeness (QED) is 0.896. The van der Waals surface area contributed by atoms with E-state index >= 15 is 0 Å². The first-order valence-electron chi connectivity index (χ1n) is 7.12. The zero-order valence-electron chi connectivity index (χ0n) is 11.4. The van der Waals surface area contributed by atoms with E-state index in [1.165, 1.54) is 31.2 Å². The average Bonchev–Trinajstić information content (AvgIpc) is 3.14. The summed E-state index contributed by atoms with van der Waals surface area (Å²) >= 11 is 1.75. The smallest absolute Gasteiger partial charge is 0.0762 e. The van der Waals surface area contributed by atoms with Crippen molar-refractivity contribution < 1.29 is 0 Å². The van der Waals surface area contributed by atoms with Gasteiger partial charge in [0.05, 0.1) is 11.7 Å². The first-order valence-corrected chi connectivity index (χ1v) is 8.07. The van der Waals surface area contributed by atoms with Crippen LogP contribution < -0.4 is 5.32 Å². The number of hydrogen-bond acceptors (Lipinski definition) is 3. The summed E-state index contributed by atoms with van der Waals surface area (Å²) < 4.78 is 2.17. The van der Waals surface area contributed by atoms with Crippen molar-refractivity contribution in [3.63, 3.8) is 0 Å². The van der Waals surface area contributed by atoms with Crippen LogP contribution in [0.2, 0.25) is 0 Å². The lowest BCUT2D eigenvalue weighted by atomic mass is 10.2. The maximum atomic E-state index is 4.70. The van der Waals surface area contributed by atoms with Crippen LogP contribution in [0, 0.1) is 0 Å². The Morgan fingerprint density at radius 1 is 1.42 bits per heavy atom. The van der Waals surface area contributed by atoms with Crippen LogP contribution in [-0.2, 0) is 6.54 Å². The first kappa shape index (κ1) is 12.9. The van der Waals surface area contributed by atoms with Crippen molar-refractivity contribution in [2.45, 2.75) is 51.2 Å². The van der Waals surface area contributed by atoms with Gasteiger partial charge in [-0.3, -0.25) is 4.68 Å². The zero-order valence-corrected chi connectivity index (χ0v) is 12.2. The summed E-state index contributed by atoms with van der Waals surface area (Å²) in [5.74, 6) is 0. The van der Waals surface area contributed by atoms with Gasteiger partial charge in [0.25, 0.3) is 0 Å². The van der Waals surface area contributed by atoms with E-state index in [0.29, 0.717) is 12.1 Å². The van der Waals surface area contributed by atoms with Gasteiger partial charge in [-0.15, -0.1) is 0 Å². The monoisotopic (exact) mass is 275 g/mol. The standard InChI is InChI=1S/C15H21N3S/c1-12(13-7-9-19-11-13)16-10-14-6-8-18(17-14)15-4-2-3-5-15/h6-9,11-12,15-16H,2-5,10H2,1H3. The lowest BCUT2D eigenvalue weighted by Crippen LogP contribution is -2.18. The molecule has 3 nitrogen and oxygen atoms in total. The van der Waals surface area contributed by atoms with Gasteiger partial charge in [-0.25, -0.2) is 0 Å². The van der Waals surface area contributed by atoms with Gasteiger partial charge in [-0.05, 0) is 48.2 Å². The number of nitrogens with one attached hydrogen (secondary N) is 1. The Balaban J connectivity index is 1.55. The number of hydrogen-bond donors (Lipinski definition) is 1. The normalized spacial score (nSPS) is 17.9. The van der Waals surface area contributed by atoms with Crippen LogP contribution in [0.15, 0.2) is 29.1 Å². The SMILES string of the molecule is CC(NCc1ccn(C2CCCC2)n1)c1ccsc1. The molecule has 0 bridgehead atoms. The van der Waals surface area contributed by atoms with Gasteiger partial charge in [0, 0.05) is 18.8 Å². The molecular formula is C15H21N3S. The third-order valence-electron chi connectivity index (χ3n) is 3.99. The lowest BCUT2D eigenvalue weighted by Gasteiger charge is -2.11. The molecule has 1 aliphatic carbocycles. The van der Waals surface area contributed by atoms with E-state index in [1.807, 2.05) is 0 Å². The lowest BCUT2D eigenvalue weighted by molar-refractivity contribution is 0.458. The molecule has 102 valence electrons. The highest BCUT2D eigenvalue weighted by Gasteiger charge is 2.17. The largest absolute Gasteiger partial charge is 0.304 e. The van der Waals surface area contributed by atoms with Crippen LogP contribution in [-0.4, -0.2) is 9.78 Å². The Labute approximate surface area is 118 Å². The Hall–Kier alpha value is -1.13. The predicted octanol–water partition coefficient (Wildman–Crippen LogP) is 3.91. The Bertz CT molecular complexity index is 497. The van der Waals surface area contributed by atoms with E-state index in [1.54, 1.807) is 11.3 Å². The number of nitrogens with zero attached hydrogens (tertiary/aromatic N) is 2. The molecule has 2 heterocycles. The van der Waals surface area contributed by atoms with E-state index < -0.39 is 0 Å². The second-order valence-corrected chi connectivity index (χ2v) is 6.16. The molecule has 1 fully saturated rings. The molecule has 1 N–H and O–H groups in total. The van der Waals surface area contributed by atoms with E-state index in [2.05, 4.69) is 46.0 Å². The van der Waals surface area contributed by atoms with Crippen molar-refractivity contribution in [3.8, 4) is 0 Å². The van der Waals surface area contributed by atoms with Crippen molar-refractivity contribution in [2.24, 2.45) is 0 Å². The number of aromatic nitrogens is 2. The summed E-state index contributed by atoms with van der Waals surface area (Å²) in [6.07, 6.45) is 7.43. The molecule has 2 aromatic rings. The van der Waals surface area contributed by atoms with Crippen LogP contribution in [0.1, 0.15) is 55.9 Å². The summed E-state index contributed by atoms with van der Waals surface area (Å²) in [5, 5.41) is 12.6. The van der Waals surface area contributed by atoms with Gasteiger partial charge in [0.2, 0.25) is 0 Å². The van der Waals surface area contributed by atoms with Gasteiger partial charge in [-0.2, -0.15) is 16.4 Å². The summed E-state index contributed by atoms with van der Waals surface area (Å²) in [5.41, 5.74) is 2.51. The van der Waals surface area contributed by atoms with E-state index in [0.717, 1.165) is 12.2 Å².